The fourth-order valence-electron chi connectivity index (χ4n) is 3.02. The fraction of sp³-hybridized carbons (Fsp3) is 0.632. The van der Waals surface area contributed by atoms with Crippen molar-refractivity contribution in [1.82, 2.24) is 10.2 Å². The third-order valence-corrected chi connectivity index (χ3v) is 4.54. The summed E-state index contributed by atoms with van der Waals surface area (Å²) in [7, 11) is 0. The summed E-state index contributed by atoms with van der Waals surface area (Å²) in [6.07, 6.45) is 2.65. The minimum atomic E-state index is -0.247. The van der Waals surface area contributed by atoms with Crippen LogP contribution in [0.1, 0.15) is 38.7 Å². The number of aliphatic hydroxyl groups is 1. The van der Waals surface area contributed by atoms with Crippen molar-refractivity contribution in [3.05, 3.63) is 29.8 Å². The van der Waals surface area contributed by atoms with E-state index >= 15 is 0 Å². The van der Waals surface area contributed by atoms with Crippen molar-refractivity contribution in [3.63, 3.8) is 0 Å². The highest BCUT2D eigenvalue weighted by Gasteiger charge is 2.23. The summed E-state index contributed by atoms with van der Waals surface area (Å²) in [5, 5.41) is 12.6. The number of nitrogens with zero attached hydrogens (tertiary/aromatic N) is 1. The van der Waals surface area contributed by atoms with E-state index in [-0.39, 0.29) is 12.0 Å². The number of piperidine rings is 1. The number of rotatable bonds is 8. The number of hydrogen-bond acceptors (Lipinski definition) is 4. The molecule has 1 heterocycles. The highest BCUT2D eigenvalue weighted by Crippen LogP contribution is 2.20. The first-order valence-corrected chi connectivity index (χ1v) is 8.97. The van der Waals surface area contributed by atoms with Gasteiger partial charge in [-0.3, -0.25) is 9.69 Å². The van der Waals surface area contributed by atoms with Gasteiger partial charge in [-0.25, -0.2) is 0 Å². The summed E-state index contributed by atoms with van der Waals surface area (Å²) < 4.78 is 5.61. The SMILES string of the molecule is CCCOc1cccc(CNC(=O)CN2CCC(C(C)O)CC2)c1. The van der Waals surface area contributed by atoms with Gasteiger partial charge in [0.25, 0.3) is 0 Å². The summed E-state index contributed by atoms with van der Waals surface area (Å²) in [5.41, 5.74) is 1.05. The maximum atomic E-state index is 12.1. The first kappa shape index (κ1) is 18.7. The van der Waals surface area contributed by atoms with E-state index in [1.165, 1.54) is 0 Å². The number of ether oxygens (including phenoxy) is 1. The lowest BCUT2D eigenvalue weighted by atomic mass is 9.92. The van der Waals surface area contributed by atoms with E-state index in [9.17, 15) is 9.90 Å². The molecule has 1 amide bonds. The Morgan fingerprint density at radius 2 is 2.17 bits per heavy atom. The van der Waals surface area contributed by atoms with Crippen molar-refractivity contribution in [2.75, 3.05) is 26.2 Å². The minimum Gasteiger partial charge on any atom is -0.494 e. The number of hydrogen-bond donors (Lipinski definition) is 2. The molecule has 1 fully saturated rings. The van der Waals surface area contributed by atoms with Gasteiger partial charge in [0, 0.05) is 6.54 Å². The summed E-state index contributed by atoms with van der Waals surface area (Å²) in [6.45, 7) is 7.34. The molecule has 0 radical (unpaired) electrons. The minimum absolute atomic E-state index is 0.0466. The lowest BCUT2D eigenvalue weighted by Crippen LogP contribution is -2.42. The van der Waals surface area contributed by atoms with Crippen LogP contribution in [-0.4, -0.2) is 48.3 Å². The Morgan fingerprint density at radius 3 is 2.83 bits per heavy atom. The molecule has 2 N–H and O–H groups in total. The Labute approximate surface area is 145 Å². The molecule has 1 aliphatic rings. The molecule has 1 aromatic carbocycles. The molecule has 1 saturated heterocycles. The largest absolute Gasteiger partial charge is 0.494 e. The summed E-state index contributed by atoms with van der Waals surface area (Å²) in [6, 6.07) is 7.86. The zero-order valence-corrected chi connectivity index (χ0v) is 14.8. The smallest absolute Gasteiger partial charge is 0.234 e. The summed E-state index contributed by atoms with van der Waals surface area (Å²) in [4.78, 5) is 14.3. The molecule has 1 aromatic rings. The molecule has 1 aliphatic heterocycles. The quantitative estimate of drug-likeness (QED) is 0.765. The Kier molecular flexibility index (Phi) is 7.53. The number of aliphatic hydroxyl groups excluding tert-OH is 1. The van der Waals surface area contributed by atoms with Crippen LogP contribution in [0.2, 0.25) is 0 Å². The Balaban J connectivity index is 1.72. The van der Waals surface area contributed by atoms with E-state index < -0.39 is 0 Å². The van der Waals surface area contributed by atoms with Crippen LogP contribution < -0.4 is 10.1 Å². The Hall–Kier alpha value is -1.59. The number of carbonyl (C=O) groups excluding carboxylic acids is 1. The third kappa shape index (κ3) is 6.13. The average Bonchev–Trinajstić information content (AvgIpc) is 2.59. The van der Waals surface area contributed by atoms with Crippen LogP contribution in [0.15, 0.2) is 24.3 Å². The average molecular weight is 334 g/mol. The lowest BCUT2D eigenvalue weighted by Gasteiger charge is -2.32. The molecule has 0 saturated carbocycles. The van der Waals surface area contributed by atoms with Crippen molar-refractivity contribution in [2.24, 2.45) is 5.92 Å². The predicted octanol–water partition coefficient (Wildman–Crippen LogP) is 2.18. The Morgan fingerprint density at radius 1 is 1.42 bits per heavy atom. The molecular weight excluding hydrogens is 304 g/mol. The zero-order valence-electron chi connectivity index (χ0n) is 14.8. The molecule has 24 heavy (non-hydrogen) atoms. The van der Waals surface area contributed by atoms with Gasteiger partial charge in [0.1, 0.15) is 5.75 Å². The van der Waals surface area contributed by atoms with E-state index in [2.05, 4.69) is 17.1 Å². The van der Waals surface area contributed by atoms with E-state index in [0.29, 0.717) is 25.6 Å². The number of nitrogens with one attached hydrogen (secondary N) is 1. The van der Waals surface area contributed by atoms with Crippen LogP contribution in [-0.2, 0) is 11.3 Å². The highest BCUT2D eigenvalue weighted by atomic mass is 16.5. The van der Waals surface area contributed by atoms with Crippen molar-refractivity contribution in [3.8, 4) is 5.75 Å². The maximum Gasteiger partial charge on any atom is 0.234 e. The summed E-state index contributed by atoms with van der Waals surface area (Å²) >= 11 is 0. The molecule has 1 atom stereocenters. The topological polar surface area (TPSA) is 61.8 Å². The van der Waals surface area contributed by atoms with Crippen LogP contribution in [0, 0.1) is 5.92 Å². The van der Waals surface area contributed by atoms with Gasteiger partial charge >= 0.3 is 0 Å². The second-order valence-electron chi connectivity index (χ2n) is 6.63. The van der Waals surface area contributed by atoms with Crippen LogP contribution in [0.5, 0.6) is 5.75 Å². The molecular formula is C19H30N2O3. The van der Waals surface area contributed by atoms with Gasteiger partial charge in [-0.2, -0.15) is 0 Å². The number of amides is 1. The lowest BCUT2D eigenvalue weighted by molar-refractivity contribution is -0.122. The van der Waals surface area contributed by atoms with Crippen molar-refractivity contribution in [1.29, 1.82) is 0 Å². The predicted molar refractivity (Wildman–Crippen MR) is 94.9 cm³/mol. The first-order chi connectivity index (χ1) is 11.6. The van der Waals surface area contributed by atoms with Gasteiger partial charge in [0.2, 0.25) is 5.91 Å². The fourth-order valence-corrected chi connectivity index (χ4v) is 3.02. The van der Waals surface area contributed by atoms with Gasteiger partial charge < -0.3 is 15.2 Å². The van der Waals surface area contributed by atoms with Gasteiger partial charge in [0.15, 0.2) is 0 Å². The molecule has 2 rings (SSSR count). The third-order valence-electron chi connectivity index (χ3n) is 4.54. The van der Waals surface area contributed by atoms with Crippen molar-refractivity contribution >= 4 is 5.91 Å². The maximum absolute atomic E-state index is 12.1. The second kappa shape index (κ2) is 9.64. The van der Waals surface area contributed by atoms with E-state index in [1.807, 2.05) is 31.2 Å². The number of benzene rings is 1. The standard InChI is InChI=1S/C19H30N2O3/c1-3-11-24-18-6-4-5-16(12-18)13-20-19(23)14-21-9-7-17(8-10-21)15(2)22/h4-6,12,15,17,22H,3,7-11,13-14H2,1-2H3,(H,20,23). The monoisotopic (exact) mass is 334 g/mol. The van der Waals surface area contributed by atoms with Gasteiger partial charge in [-0.1, -0.05) is 19.1 Å². The first-order valence-electron chi connectivity index (χ1n) is 8.97. The Bertz CT molecular complexity index is 511. The molecule has 5 heteroatoms. The molecule has 0 bridgehead atoms. The van der Waals surface area contributed by atoms with Crippen LogP contribution in [0.4, 0.5) is 0 Å². The van der Waals surface area contributed by atoms with Crippen molar-refractivity contribution in [2.45, 2.75) is 45.8 Å². The molecule has 5 nitrogen and oxygen atoms in total. The molecule has 0 spiro atoms. The van der Waals surface area contributed by atoms with E-state index in [4.69, 9.17) is 4.74 Å². The summed E-state index contributed by atoms with van der Waals surface area (Å²) in [5.74, 6) is 1.27. The van der Waals surface area contributed by atoms with Gasteiger partial charge in [-0.15, -0.1) is 0 Å². The number of likely N-dealkylation sites (tertiary alicyclic amines) is 1. The molecule has 0 aliphatic carbocycles. The zero-order chi connectivity index (χ0) is 17.4. The van der Waals surface area contributed by atoms with E-state index in [0.717, 1.165) is 43.7 Å². The van der Waals surface area contributed by atoms with Crippen LogP contribution >= 0.6 is 0 Å². The molecule has 0 aromatic heterocycles. The van der Waals surface area contributed by atoms with Crippen LogP contribution in [0.25, 0.3) is 0 Å². The number of carbonyl (C=O) groups is 1. The van der Waals surface area contributed by atoms with Gasteiger partial charge in [0.05, 0.1) is 19.3 Å². The highest BCUT2D eigenvalue weighted by molar-refractivity contribution is 5.78. The molecule has 134 valence electrons. The normalized spacial score (nSPS) is 17.5. The van der Waals surface area contributed by atoms with E-state index in [1.54, 1.807) is 0 Å². The molecule has 1 unspecified atom stereocenters. The van der Waals surface area contributed by atoms with Gasteiger partial charge in [-0.05, 0) is 62.9 Å². The van der Waals surface area contributed by atoms with Crippen LogP contribution in [0.3, 0.4) is 0 Å². The second-order valence-corrected chi connectivity index (χ2v) is 6.63. The van der Waals surface area contributed by atoms with Crippen molar-refractivity contribution < 1.29 is 14.6 Å².